The van der Waals surface area contributed by atoms with Gasteiger partial charge in [-0.1, -0.05) is 19.3 Å². The lowest BCUT2D eigenvalue weighted by molar-refractivity contribution is 0.0822. The fourth-order valence-corrected chi connectivity index (χ4v) is 3.99. The van der Waals surface area contributed by atoms with E-state index in [0.717, 1.165) is 49.4 Å². The monoisotopic (exact) mass is 345 g/mol. The maximum Gasteiger partial charge on any atom is 0.253 e. The Labute approximate surface area is 150 Å². The quantitative estimate of drug-likeness (QED) is 0.759. The molecule has 25 heavy (non-hydrogen) atoms. The van der Waals surface area contributed by atoms with Crippen LogP contribution in [-0.4, -0.2) is 31.2 Å². The van der Waals surface area contributed by atoms with Crippen molar-refractivity contribution in [2.75, 3.05) is 20.3 Å². The van der Waals surface area contributed by atoms with E-state index in [9.17, 15) is 4.79 Å². The molecule has 0 unspecified atom stereocenters. The van der Waals surface area contributed by atoms with Crippen LogP contribution >= 0.6 is 0 Å². The lowest BCUT2D eigenvalue weighted by atomic mass is 9.72. The molecular weight excluding hydrogens is 314 g/mol. The third kappa shape index (κ3) is 4.59. The summed E-state index contributed by atoms with van der Waals surface area (Å²) in [6.45, 7) is 1.91. The van der Waals surface area contributed by atoms with Crippen molar-refractivity contribution in [2.45, 2.75) is 63.8 Å². The zero-order valence-corrected chi connectivity index (χ0v) is 15.4. The van der Waals surface area contributed by atoms with E-state index in [4.69, 9.17) is 10.5 Å². The molecule has 0 aliphatic heterocycles. The van der Waals surface area contributed by atoms with Crippen molar-refractivity contribution >= 4 is 5.91 Å². The molecule has 0 bridgehead atoms. The number of amides is 1. The van der Waals surface area contributed by atoms with Gasteiger partial charge in [0.1, 0.15) is 0 Å². The second kappa shape index (κ2) is 8.28. The van der Waals surface area contributed by atoms with E-state index in [-0.39, 0.29) is 11.3 Å². The summed E-state index contributed by atoms with van der Waals surface area (Å²) >= 11 is 0. The van der Waals surface area contributed by atoms with Crippen LogP contribution in [0.25, 0.3) is 0 Å². The fraction of sp³-hybridized carbons (Fsp3) is 0.700. The first-order valence-electron chi connectivity index (χ1n) is 9.64. The Hall–Kier alpha value is -1.46. The lowest BCUT2D eigenvalue weighted by Gasteiger charge is -2.37. The molecule has 2 saturated carbocycles. The average molecular weight is 345 g/mol. The highest BCUT2D eigenvalue weighted by atomic mass is 16.5. The van der Waals surface area contributed by atoms with Crippen molar-refractivity contribution in [1.29, 1.82) is 0 Å². The zero-order valence-electron chi connectivity index (χ0n) is 15.4. The van der Waals surface area contributed by atoms with Gasteiger partial charge in [-0.2, -0.15) is 0 Å². The molecule has 0 aromatic carbocycles. The number of carbonyl (C=O) groups is 1. The van der Waals surface area contributed by atoms with Gasteiger partial charge in [-0.3, -0.25) is 9.78 Å². The van der Waals surface area contributed by atoms with Gasteiger partial charge in [0.2, 0.25) is 0 Å². The van der Waals surface area contributed by atoms with Gasteiger partial charge < -0.3 is 15.8 Å². The van der Waals surface area contributed by atoms with Gasteiger partial charge in [0.05, 0.1) is 17.0 Å². The number of nitrogens with one attached hydrogen (secondary N) is 1. The highest BCUT2D eigenvalue weighted by molar-refractivity contribution is 5.95. The number of aromatic nitrogens is 1. The third-order valence-corrected chi connectivity index (χ3v) is 5.77. The highest BCUT2D eigenvalue weighted by Crippen LogP contribution is 2.41. The fourth-order valence-electron chi connectivity index (χ4n) is 3.99. The maximum absolute atomic E-state index is 12.8. The molecule has 2 aliphatic rings. The highest BCUT2D eigenvalue weighted by Gasteiger charge is 2.34. The van der Waals surface area contributed by atoms with Crippen LogP contribution in [0.15, 0.2) is 12.1 Å². The summed E-state index contributed by atoms with van der Waals surface area (Å²) in [5.74, 6) is 0.449. The first-order chi connectivity index (χ1) is 12.2. The summed E-state index contributed by atoms with van der Waals surface area (Å²) in [5, 5.41) is 3.21. The van der Waals surface area contributed by atoms with Crippen LogP contribution in [0.5, 0.6) is 0 Å². The minimum atomic E-state index is 0.0142. The molecule has 0 saturated heterocycles. The predicted octanol–water partition coefficient (Wildman–Crippen LogP) is 3.13. The van der Waals surface area contributed by atoms with Gasteiger partial charge in [0.15, 0.2) is 0 Å². The van der Waals surface area contributed by atoms with E-state index in [2.05, 4.69) is 10.3 Å². The van der Waals surface area contributed by atoms with Crippen molar-refractivity contribution in [3.63, 3.8) is 0 Å². The van der Waals surface area contributed by atoms with Crippen LogP contribution in [0.1, 0.15) is 79.0 Å². The number of hydrogen-bond acceptors (Lipinski definition) is 4. The Morgan fingerprint density at radius 1 is 1.32 bits per heavy atom. The van der Waals surface area contributed by atoms with Gasteiger partial charge in [0.25, 0.3) is 5.91 Å². The maximum atomic E-state index is 12.8. The third-order valence-electron chi connectivity index (χ3n) is 5.77. The Morgan fingerprint density at radius 2 is 2.08 bits per heavy atom. The van der Waals surface area contributed by atoms with E-state index in [0.29, 0.717) is 12.5 Å². The summed E-state index contributed by atoms with van der Waals surface area (Å²) in [6.07, 6.45) is 9.42. The van der Waals surface area contributed by atoms with E-state index in [1.54, 1.807) is 7.11 Å². The first-order valence-corrected chi connectivity index (χ1v) is 9.64. The van der Waals surface area contributed by atoms with Crippen LogP contribution in [0.3, 0.4) is 0 Å². The molecule has 0 atom stereocenters. The van der Waals surface area contributed by atoms with Gasteiger partial charge in [-0.25, -0.2) is 0 Å². The molecule has 5 nitrogen and oxygen atoms in total. The average Bonchev–Trinajstić information content (AvgIpc) is 3.50. The molecule has 1 amide bonds. The first kappa shape index (κ1) is 18.3. The van der Waals surface area contributed by atoms with Crippen LogP contribution in [0.2, 0.25) is 0 Å². The molecule has 5 heteroatoms. The van der Waals surface area contributed by atoms with Crippen LogP contribution in [0, 0.1) is 5.41 Å². The summed E-state index contributed by atoms with van der Waals surface area (Å²) in [7, 11) is 1.75. The minimum absolute atomic E-state index is 0.0142. The number of pyridine rings is 1. The van der Waals surface area contributed by atoms with Crippen LogP contribution < -0.4 is 11.1 Å². The summed E-state index contributed by atoms with van der Waals surface area (Å²) in [5.41, 5.74) is 8.44. The van der Waals surface area contributed by atoms with Crippen LogP contribution in [0.4, 0.5) is 0 Å². The van der Waals surface area contributed by atoms with Crippen molar-refractivity contribution in [3.05, 3.63) is 29.1 Å². The topological polar surface area (TPSA) is 77.2 Å². The standard InChI is InChI=1S/C20H31N3O2/c1-25-12-11-20(9-3-2-4-10-20)14-22-19(24)17-8-7-16(13-21)23-18(17)15-5-6-15/h7-8,15H,2-6,9-14,21H2,1H3,(H,22,24). The Morgan fingerprint density at radius 3 is 2.72 bits per heavy atom. The second-order valence-electron chi connectivity index (χ2n) is 7.70. The van der Waals surface area contributed by atoms with Crippen molar-refractivity contribution in [3.8, 4) is 0 Å². The smallest absolute Gasteiger partial charge is 0.253 e. The largest absolute Gasteiger partial charge is 0.385 e. The lowest BCUT2D eigenvalue weighted by Crippen LogP contribution is -2.40. The number of hydrogen-bond donors (Lipinski definition) is 2. The second-order valence-corrected chi connectivity index (χ2v) is 7.70. The predicted molar refractivity (Wildman–Crippen MR) is 98.4 cm³/mol. The normalized spacial score (nSPS) is 19.6. The number of methoxy groups -OCH3 is 1. The van der Waals surface area contributed by atoms with Crippen molar-refractivity contribution in [1.82, 2.24) is 10.3 Å². The van der Waals surface area contributed by atoms with Crippen LogP contribution in [-0.2, 0) is 11.3 Å². The molecule has 2 aliphatic carbocycles. The summed E-state index contributed by atoms with van der Waals surface area (Å²) < 4.78 is 5.31. The molecule has 0 spiro atoms. The number of ether oxygens (including phenoxy) is 1. The molecule has 1 aromatic heterocycles. The zero-order chi connectivity index (χ0) is 17.7. The van der Waals surface area contributed by atoms with Gasteiger partial charge in [-0.05, 0) is 49.7 Å². The molecule has 1 heterocycles. The van der Waals surface area contributed by atoms with Gasteiger partial charge in [-0.15, -0.1) is 0 Å². The molecule has 3 rings (SSSR count). The number of nitrogens with zero attached hydrogens (tertiary/aromatic N) is 1. The molecule has 2 fully saturated rings. The Bertz CT molecular complexity index is 593. The summed E-state index contributed by atoms with van der Waals surface area (Å²) in [4.78, 5) is 17.5. The molecule has 3 N–H and O–H groups in total. The molecule has 0 radical (unpaired) electrons. The SMILES string of the molecule is COCCC1(CNC(=O)c2ccc(CN)nc2C2CC2)CCCCC1. The molecular formula is C20H31N3O2. The molecule has 1 aromatic rings. The summed E-state index contributed by atoms with van der Waals surface area (Å²) in [6, 6.07) is 3.78. The Kier molecular flexibility index (Phi) is 6.07. The van der Waals surface area contributed by atoms with E-state index >= 15 is 0 Å². The van der Waals surface area contributed by atoms with E-state index in [1.807, 2.05) is 12.1 Å². The number of nitrogens with two attached hydrogens (primary N) is 1. The Balaban J connectivity index is 1.68. The molecule has 138 valence electrons. The van der Waals surface area contributed by atoms with Gasteiger partial charge in [0, 0.05) is 32.7 Å². The number of carbonyl (C=O) groups excluding carboxylic acids is 1. The van der Waals surface area contributed by atoms with E-state index in [1.165, 1.54) is 32.1 Å². The van der Waals surface area contributed by atoms with E-state index < -0.39 is 0 Å². The number of rotatable bonds is 8. The van der Waals surface area contributed by atoms with Crippen molar-refractivity contribution < 1.29 is 9.53 Å². The van der Waals surface area contributed by atoms with Crippen molar-refractivity contribution in [2.24, 2.45) is 11.1 Å². The minimum Gasteiger partial charge on any atom is -0.385 e. The van der Waals surface area contributed by atoms with Gasteiger partial charge >= 0.3 is 0 Å².